The number of hydrogen-bond donors (Lipinski definition) is 0. The van der Waals surface area contributed by atoms with Gasteiger partial charge in [0, 0.05) is 32.8 Å². The monoisotopic (exact) mass is 543 g/mol. The minimum atomic E-state index is 0.545. The lowest BCUT2D eigenvalue weighted by Crippen LogP contribution is -2.01. The molecule has 4 aromatic carbocycles. The van der Waals surface area contributed by atoms with Crippen LogP contribution in [0.2, 0.25) is 0 Å². The molecule has 192 valence electrons. The van der Waals surface area contributed by atoms with Crippen LogP contribution in [0.3, 0.4) is 0 Å². The minimum absolute atomic E-state index is 0.545. The molecule has 0 saturated heterocycles. The van der Waals surface area contributed by atoms with Crippen molar-refractivity contribution in [3.8, 4) is 45.4 Å². The number of rotatable bonds is 4. The van der Waals surface area contributed by atoms with Gasteiger partial charge in [-0.15, -0.1) is 11.3 Å². The SMILES string of the molecule is c1ccc(-c2ccc(-c3nc(-c4ccccc4)nc(-c4nc5cccnc5c5c4sc4ccccc45)n3)cc2)cc1. The number of pyridine rings is 2. The predicted octanol–water partition coefficient (Wildman–Crippen LogP) is 8.85. The van der Waals surface area contributed by atoms with Crippen LogP contribution in [0, 0.1) is 0 Å². The van der Waals surface area contributed by atoms with Crippen molar-refractivity contribution in [2.24, 2.45) is 0 Å². The first-order valence-electron chi connectivity index (χ1n) is 13.4. The Morgan fingerprint density at radius 1 is 0.463 bits per heavy atom. The third-order valence-electron chi connectivity index (χ3n) is 7.20. The molecule has 6 heteroatoms. The van der Waals surface area contributed by atoms with Crippen LogP contribution in [0.5, 0.6) is 0 Å². The Kier molecular flexibility index (Phi) is 5.57. The fourth-order valence-corrected chi connectivity index (χ4v) is 6.41. The first kappa shape index (κ1) is 23.5. The summed E-state index contributed by atoms with van der Waals surface area (Å²) >= 11 is 1.70. The number of aromatic nitrogens is 5. The van der Waals surface area contributed by atoms with Crippen molar-refractivity contribution in [1.82, 2.24) is 24.9 Å². The summed E-state index contributed by atoms with van der Waals surface area (Å²) in [7, 11) is 0. The molecule has 0 fully saturated rings. The second-order valence-electron chi connectivity index (χ2n) is 9.75. The molecule has 4 aromatic heterocycles. The van der Waals surface area contributed by atoms with E-state index in [1.807, 2.05) is 54.7 Å². The lowest BCUT2D eigenvalue weighted by Gasteiger charge is -2.10. The highest BCUT2D eigenvalue weighted by molar-refractivity contribution is 7.26. The summed E-state index contributed by atoms with van der Waals surface area (Å²) in [4.78, 5) is 24.8. The molecule has 0 spiro atoms. The molecule has 8 rings (SSSR count). The predicted molar refractivity (Wildman–Crippen MR) is 168 cm³/mol. The van der Waals surface area contributed by atoms with Gasteiger partial charge in [0.25, 0.3) is 0 Å². The third-order valence-corrected chi connectivity index (χ3v) is 8.37. The zero-order valence-electron chi connectivity index (χ0n) is 21.8. The molecule has 4 heterocycles. The minimum Gasteiger partial charge on any atom is -0.254 e. The molecule has 41 heavy (non-hydrogen) atoms. The molecule has 8 aromatic rings. The van der Waals surface area contributed by atoms with Crippen LogP contribution in [-0.4, -0.2) is 24.9 Å². The van der Waals surface area contributed by atoms with E-state index in [2.05, 4.69) is 72.8 Å². The average Bonchev–Trinajstić information content (AvgIpc) is 3.45. The molecular weight excluding hydrogens is 522 g/mol. The summed E-state index contributed by atoms with van der Waals surface area (Å²) in [6, 6.07) is 41.1. The largest absolute Gasteiger partial charge is 0.254 e. The lowest BCUT2D eigenvalue weighted by molar-refractivity contribution is 1.07. The van der Waals surface area contributed by atoms with Gasteiger partial charge in [-0.1, -0.05) is 103 Å². The standard InChI is InChI=1S/C35H21N5S/c1-3-10-22(11-4-1)23-17-19-25(20-18-23)34-38-33(24-12-5-2-6-13-24)39-35(40-34)31-32-29(26-14-7-8-16-28(26)41-32)30-27(37-31)15-9-21-36-30/h1-21H. The molecule has 0 aliphatic heterocycles. The smallest absolute Gasteiger partial charge is 0.183 e. The van der Waals surface area contributed by atoms with Crippen molar-refractivity contribution in [1.29, 1.82) is 0 Å². The summed E-state index contributed by atoms with van der Waals surface area (Å²) in [5.41, 5.74) is 6.59. The van der Waals surface area contributed by atoms with E-state index in [-0.39, 0.29) is 0 Å². The van der Waals surface area contributed by atoms with Crippen LogP contribution >= 0.6 is 11.3 Å². The lowest BCUT2D eigenvalue weighted by atomic mass is 10.0. The van der Waals surface area contributed by atoms with Crippen LogP contribution in [-0.2, 0) is 0 Å². The van der Waals surface area contributed by atoms with E-state index in [0.29, 0.717) is 17.5 Å². The number of benzene rings is 4. The Bertz CT molecular complexity index is 2190. The summed E-state index contributed by atoms with van der Waals surface area (Å²) in [5, 5.41) is 2.25. The molecule has 0 radical (unpaired) electrons. The zero-order valence-corrected chi connectivity index (χ0v) is 22.6. The van der Waals surface area contributed by atoms with Gasteiger partial charge in [-0.2, -0.15) is 0 Å². The van der Waals surface area contributed by atoms with E-state index in [9.17, 15) is 0 Å². The third kappa shape index (κ3) is 4.13. The van der Waals surface area contributed by atoms with Gasteiger partial charge in [-0.05, 0) is 29.3 Å². The summed E-state index contributed by atoms with van der Waals surface area (Å²) in [6.07, 6.45) is 1.82. The van der Waals surface area contributed by atoms with Gasteiger partial charge in [0.05, 0.1) is 15.7 Å². The number of hydrogen-bond acceptors (Lipinski definition) is 6. The van der Waals surface area contributed by atoms with Crippen LogP contribution in [0.25, 0.3) is 76.6 Å². The molecule has 0 bridgehead atoms. The Hall–Kier alpha value is -5.33. The summed E-state index contributed by atoms with van der Waals surface area (Å²) < 4.78 is 2.20. The van der Waals surface area contributed by atoms with Crippen molar-refractivity contribution in [3.63, 3.8) is 0 Å². The van der Waals surface area contributed by atoms with Gasteiger partial charge < -0.3 is 0 Å². The van der Waals surface area contributed by atoms with Crippen LogP contribution in [0.4, 0.5) is 0 Å². The Morgan fingerprint density at radius 2 is 1.05 bits per heavy atom. The summed E-state index contributed by atoms with van der Waals surface area (Å²) in [5.74, 6) is 1.76. The second kappa shape index (κ2) is 9.70. The van der Waals surface area contributed by atoms with Crippen molar-refractivity contribution in [3.05, 3.63) is 128 Å². The highest BCUT2D eigenvalue weighted by Gasteiger charge is 2.20. The van der Waals surface area contributed by atoms with Crippen molar-refractivity contribution >= 4 is 42.5 Å². The van der Waals surface area contributed by atoms with Crippen molar-refractivity contribution < 1.29 is 0 Å². The van der Waals surface area contributed by atoms with E-state index in [1.54, 1.807) is 11.3 Å². The number of fused-ring (bicyclic) bond motifs is 5. The van der Waals surface area contributed by atoms with Crippen molar-refractivity contribution in [2.75, 3.05) is 0 Å². The molecule has 0 amide bonds. The molecular formula is C35H21N5S. The topological polar surface area (TPSA) is 64.5 Å². The molecule has 0 saturated carbocycles. The molecule has 0 atom stereocenters. The molecule has 0 aliphatic rings. The van der Waals surface area contributed by atoms with Gasteiger partial charge in [0.2, 0.25) is 0 Å². The number of nitrogens with zero attached hydrogens (tertiary/aromatic N) is 5. The molecule has 0 N–H and O–H groups in total. The van der Waals surface area contributed by atoms with E-state index < -0.39 is 0 Å². The maximum Gasteiger partial charge on any atom is 0.183 e. The zero-order chi connectivity index (χ0) is 27.2. The normalized spacial score (nSPS) is 11.4. The maximum atomic E-state index is 5.09. The molecule has 0 aliphatic carbocycles. The van der Waals surface area contributed by atoms with E-state index in [1.165, 1.54) is 10.3 Å². The average molecular weight is 544 g/mol. The fourth-order valence-electron chi connectivity index (χ4n) is 5.22. The van der Waals surface area contributed by atoms with E-state index in [4.69, 9.17) is 24.9 Å². The van der Waals surface area contributed by atoms with Gasteiger partial charge in [-0.3, -0.25) is 4.98 Å². The van der Waals surface area contributed by atoms with E-state index in [0.717, 1.165) is 48.9 Å². The Morgan fingerprint density at radius 3 is 1.80 bits per heavy atom. The first-order chi connectivity index (χ1) is 20.3. The van der Waals surface area contributed by atoms with Crippen LogP contribution in [0.15, 0.2) is 128 Å². The fraction of sp³-hybridized carbons (Fsp3) is 0. The van der Waals surface area contributed by atoms with Gasteiger partial charge >= 0.3 is 0 Å². The highest BCUT2D eigenvalue weighted by atomic mass is 32.1. The number of thiophene rings is 1. The molecule has 5 nitrogen and oxygen atoms in total. The Labute approximate surface area is 239 Å². The van der Waals surface area contributed by atoms with E-state index >= 15 is 0 Å². The van der Waals surface area contributed by atoms with Crippen LogP contribution in [0.1, 0.15) is 0 Å². The van der Waals surface area contributed by atoms with Gasteiger partial charge in [0.1, 0.15) is 5.69 Å². The second-order valence-corrected chi connectivity index (χ2v) is 10.8. The highest BCUT2D eigenvalue weighted by Crippen LogP contribution is 2.41. The molecule has 0 unspecified atom stereocenters. The Balaban J connectivity index is 1.37. The maximum absolute atomic E-state index is 5.09. The van der Waals surface area contributed by atoms with Gasteiger partial charge in [-0.25, -0.2) is 19.9 Å². The van der Waals surface area contributed by atoms with Gasteiger partial charge in [0.15, 0.2) is 17.5 Å². The van der Waals surface area contributed by atoms with Crippen LogP contribution < -0.4 is 0 Å². The van der Waals surface area contributed by atoms with Crippen molar-refractivity contribution in [2.45, 2.75) is 0 Å². The summed E-state index contributed by atoms with van der Waals surface area (Å²) in [6.45, 7) is 0. The first-order valence-corrected chi connectivity index (χ1v) is 14.2. The quantitative estimate of drug-likeness (QED) is 0.222.